The minimum absolute atomic E-state index is 0.0300. The van der Waals surface area contributed by atoms with Crippen molar-refractivity contribution in [2.24, 2.45) is 22.2 Å². The highest BCUT2D eigenvalue weighted by atomic mass is 16.4. The fourth-order valence-electron chi connectivity index (χ4n) is 2.29. The molecule has 31 heavy (non-hydrogen) atoms. The van der Waals surface area contributed by atoms with Gasteiger partial charge in [-0.2, -0.15) is 0 Å². The quantitative estimate of drug-likeness (QED) is 0.0654. The molecule has 0 aliphatic carbocycles. The Balaban J connectivity index is 5.06. The highest BCUT2D eigenvalue weighted by Crippen LogP contribution is 2.02. The molecule has 0 saturated heterocycles. The molecule has 0 spiro atoms. The minimum Gasteiger partial charge on any atom is -0.481 e. The van der Waals surface area contributed by atoms with Gasteiger partial charge in [-0.25, -0.2) is 4.79 Å². The molecular weight excluding hydrogens is 418 g/mol. The van der Waals surface area contributed by atoms with E-state index in [1.807, 2.05) is 0 Å². The van der Waals surface area contributed by atoms with Gasteiger partial charge in [0.15, 0.2) is 5.96 Å². The lowest BCUT2D eigenvalue weighted by Gasteiger charge is -2.23. The van der Waals surface area contributed by atoms with E-state index in [0.717, 1.165) is 0 Å². The van der Waals surface area contributed by atoms with Crippen molar-refractivity contribution < 1.29 is 39.3 Å². The van der Waals surface area contributed by atoms with Gasteiger partial charge in [0.1, 0.15) is 18.1 Å². The number of nitrogens with two attached hydrogens (primary N) is 3. The highest BCUT2D eigenvalue weighted by molar-refractivity contribution is 5.93. The smallest absolute Gasteiger partial charge is 0.326 e. The molecule has 0 fully saturated rings. The number of guanidine groups is 1. The number of nitrogens with one attached hydrogen (secondary N) is 3. The number of nitrogens with zero attached hydrogens (tertiary/aromatic N) is 1. The highest BCUT2D eigenvalue weighted by Gasteiger charge is 2.29. The van der Waals surface area contributed by atoms with Gasteiger partial charge in [-0.1, -0.05) is 0 Å². The van der Waals surface area contributed by atoms with Gasteiger partial charge in [-0.15, -0.1) is 0 Å². The van der Waals surface area contributed by atoms with Crippen molar-refractivity contribution in [1.29, 1.82) is 0 Å². The van der Waals surface area contributed by atoms with E-state index >= 15 is 0 Å². The zero-order valence-electron chi connectivity index (χ0n) is 16.7. The molecule has 0 aliphatic heterocycles. The number of aliphatic hydroxyl groups excluding tert-OH is 1. The van der Waals surface area contributed by atoms with Crippen LogP contribution in [0.3, 0.4) is 0 Å². The van der Waals surface area contributed by atoms with Crippen molar-refractivity contribution in [2.45, 2.75) is 43.8 Å². The second-order valence-corrected chi connectivity index (χ2v) is 6.35. The van der Waals surface area contributed by atoms with Crippen LogP contribution in [0.15, 0.2) is 4.99 Å². The second-order valence-electron chi connectivity index (χ2n) is 6.35. The van der Waals surface area contributed by atoms with Crippen LogP contribution in [0.1, 0.15) is 25.7 Å². The van der Waals surface area contributed by atoms with Gasteiger partial charge in [0.2, 0.25) is 17.7 Å². The molecule has 0 aliphatic rings. The van der Waals surface area contributed by atoms with E-state index in [9.17, 15) is 34.2 Å². The molecule has 15 heteroatoms. The lowest BCUT2D eigenvalue weighted by molar-refractivity contribution is -0.142. The van der Waals surface area contributed by atoms with Crippen molar-refractivity contribution in [3.8, 4) is 0 Å². The Labute approximate surface area is 177 Å². The lowest BCUT2D eigenvalue weighted by atomic mass is 10.1. The summed E-state index contributed by atoms with van der Waals surface area (Å²) in [5, 5.41) is 34.0. The average Bonchev–Trinajstić information content (AvgIpc) is 2.70. The standard InChI is InChI=1S/C16H29N7O8/c17-6-11(25)21-8(3-4-12(26)27)13(28)23-10(7-24)14(29)22-9(15(30)31)2-1-5-20-16(18)19/h8-10,24H,1-7,17H2,(H,21,25)(H,22,29)(H,23,28)(H,26,27)(H,30,31)(H4,18,19,20). The first-order valence-electron chi connectivity index (χ1n) is 9.22. The van der Waals surface area contributed by atoms with Gasteiger partial charge in [-0.05, 0) is 19.3 Å². The van der Waals surface area contributed by atoms with Crippen LogP contribution in [0.2, 0.25) is 0 Å². The van der Waals surface area contributed by atoms with Crippen molar-refractivity contribution in [2.75, 3.05) is 19.7 Å². The van der Waals surface area contributed by atoms with Gasteiger partial charge in [0.25, 0.3) is 0 Å². The molecule has 15 nitrogen and oxygen atoms in total. The molecule has 3 unspecified atom stereocenters. The third kappa shape index (κ3) is 12.0. The maximum atomic E-state index is 12.4. The predicted molar refractivity (Wildman–Crippen MR) is 106 cm³/mol. The molecule has 176 valence electrons. The van der Waals surface area contributed by atoms with Crippen LogP contribution in [0.5, 0.6) is 0 Å². The maximum Gasteiger partial charge on any atom is 0.326 e. The fourth-order valence-corrected chi connectivity index (χ4v) is 2.29. The van der Waals surface area contributed by atoms with Gasteiger partial charge in [0.05, 0.1) is 13.2 Å². The molecule has 0 aromatic rings. The minimum atomic E-state index is -1.55. The van der Waals surface area contributed by atoms with Crippen LogP contribution in [-0.4, -0.2) is 88.8 Å². The first kappa shape index (κ1) is 27.5. The number of carbonyl (C=O) groups is 5. The fraction of sp³-hybridized carbons (Fsp3) is 0.625. The van der Waals surface area contributed by atoms with Crippen molar-refractivity contribution >= 4 is 35.6 Å². The predicted octanol–water partition coefficient (Wildman–Crippen LogP) is -4.61. The molecule has 0 bridgehead atoms. The van der Waals surface area contributed by atoms with E-state index in [4.69, 9.17) is 22.3 Å². The third-order valence-electron chi connectivity index (χ3n) is 3.86. The molecule has 0 aromatic carbocycles. The van der Waals surface area contributed by atoms with Crippen LogP contribution in [0.4, 0.5) is 0 Å². The van der Waals surface area contributed by atoms with E-state index in [2.05, 4.69) is 20.9 Å². The van der Waals surface area contributed by atoms with Gasteiger partial charge in [0, 0.05) is 13.0 Å². The van der Waals surface area contributed by atoms with Gasteiger partial charge >= 0.3 is 11.9 Å². The summed E-state index contributed by atoms with van der Waals surface area (Å²) in [4.78, 5) is 61.9. The van der Waals surface area contributed by atoms with E-state index in [0.29, 0.717) is 0 Å². The number of amides is 3. The summed E-state index contributed by atoms with van der Waals surface area (Å²) >= 11 is 0. The summed E-state index contributed by atoms with van der Waals surface area (Å²) in [7, 11) is 0. The van der Waals surface area contributed by atoms with Gasteiger partial charge < -0.3 is 48.5 Å². The molecular formula is C16H29N7O8. The number of hydrogen-bond acceptors (Lipinski definition) is 8. The van der Waals surface area contributed by atoms with E-state index in [-0.39, 0.29) is 31.8 Å². The number of aliphatic carboxylic acids is 2. The normalized spacial score (nSPS) is 13.2. The van der Waals surface area contributed by atoms with Crippen LogP contribution >= 0.6 is 0 Å². The van der Waals surface area contributed by atoms with Crippen molar-refractivity contribution in [1.82, 2.24) is 16.0 Å². The molecule has 12 N–H and O–H groups in total. The summed E-state index contributed by atoms with van der Waals surface area (Å²) in [6.45, 7) is -1.20. The Bertz CT molecular complexity index is 681. The SMILES string of the molecule is NCC(=O)NC(CCC(=O)O)C(=O)NC(CO)C(=O)NC(CCCN=C(N)N)C(=O)O. The van der Waals surface area contributed by atoms with Crippen LogP contribution in [0, 0.1) is 0 Å². The summed E-state index contributed by atoms with van der Waals surface area (Å²) in [6, 6.07) is -4.22. The number of aliphatic hydroxyl groups is 1. The third-order valence-corrected chi connectivity index (χ3v) is 3.86. The lowest BCUT2D eigenvalue weighted by Crippen LogP contribution is -2.57. The molecule has 0 heterocycles. The topological polar surface area (TPSA) is 273 Å². The number of carboxylic acids is 2. The largest absolute Gasteiger partial charge is 0.481 e. The number of carbonyl (C=O) groups excluding carboxylic acids is 3. The zero-order chi connectivity index (χ0) is 24.0. The van der Waals surface area contributed by atoms with Crippen molar-refractivity contribution in [3.05, 3.63) is 0 Å². The summed E-state index contributed by atoms with van der Waals surface area (Å²) in [5.41, 5.74) is 15.5. The van der Waals surface area contributed by atoms with Gasteiger partial charge in [-0.3, -0.25) is 24.2 Å². The molecule has 0 aromatic heterocycles. The number of aliphatic imine (C=N–C) groups is 1. The zero-order valence-corrected chi connectivity index (χ0v) is 16.7. The second kappa shape index (κ2) is 14.5. The maximum absolute atomic E-state index is 12.4. The Hall–Kier alpha value is -3.46. The Kier molecular flexibility index (Phi) is 12.9. The first-order valence-corrected chi connectivity index (χ1v) is 9.22. The molecule has 0 radical (unpaired) electrons. The summed E-state index contributed by atoms with van der Waals surface area (Å²) < 4.78 is 0. The number of carboxylic acid groups (broad SMARTS) is 2. The monoisotopic (exact) mass is 447 g/mol. The molecule has 3 atom stereocenters. The number of rotatable bonds is 15. The van der Waals surface area contributed by atoms with Crippen LogP contribution < -0.4 is 33.2 Å². The average molecular weight is 447 g/mol. The molecule has 0 saturated carbocycles. The summed E-state index contributed by atoms with van der Waals surface area (Å²) in [5.74, 6) is -5.42. The van der Waals surface area contributed by atoms with E-state index < -0.39 is 67.4 Å². The Morgan fingerprint density at radius 1 is 0.871 bits per heavy atom. The van der Waals surface area contributed by atoms with Crippen LogP contribution in [0.25, 0.3) is 0 Å². The Morgan fingerprint density at radius 2 is 1.45 bits per heavy atom. The van der Waals surface area contributed by atoms with E-state index in [1.165, 1.54) is 0 Å². The van der Waals surface area contributed by atoms with Crippen molar-refractivity contribution in [3.63, 3.8) is 0 Å². The van der Waals surface area contributed by atoms with Crippen LogP contribution in [-0.2, 0) is 24.0 Å². The van der Waals surface area contributed by atoms with E-state index in [1.54, 1.807) is 0 Å². The first-order chi connectivity index (χ1) is 14.5. The molecule has 0 rings (SSSR count). The Morgan fingerprint density at radius 3 is 1.94 bits per heavy atom. The summed E-state index contributed by atoms with van der Waals surface area (Å²) in [6.07, 6.45) is -0.559. The molecule has 3 amide bonds. The number of hydrogen-bond donors (Lipinski definition) is 9.